The fourth-order valence-corrected chi connectivity index (χ4v) is 4.23. The van der Waals surface area contributed by atoms with Gasteiger partial charge in [0.1, 0.15) is 0 Å². The minimum absolute atomic E-state index is 0.653. The SMILES string of the molecule is S=C([S-])N1CCC(CCCC2CCN(C(=S)[S-])CC2)CC1. The Morgan fingerprint density at radius 1 is 0.762 bits per heavy atom. The van der Waals surface area contributed by atoms with Gasteiger partial charge in [-0.1, -0.05) is 27.9 Å². The molecule has 2 nitrogen and oxygen atoms in total. The Hall–Kier alpha value is 0.220. The highest BCUT2D eigenvalue weighted by Gasteiger charge is 2.20. The molecule has 0 bridgehead atoms. The summed E-state index contributed by atoms with van der Waals surface area (Å²) in [5.74, 6) is 1.76. The fraction of sp³-hybridized carbons (Fsp3) is 0.867. The molecule has 0 atom stereocenters. The van der Waals surface area contributed by atoms with Crippen molar-refractivity contribution in [2.45, 2.75) is 44.9 Å². The third-order valence-corrected chi connectivity index (χ3v) is 6.00. The van der Waals surface area contributed by atoms with Crippen LogP contribution in [0.15, 0.2) is 0 Å². The second kappa shape index (κ2) is 8.75. The van der Waals surface area contributed by atoms with Crippen LogP contribution in [0.25, 0.3) is 0 Å². The molecule has 0 aromatic heterocycles. The Balaban J connectivity index is 1.57. The quantitative estimate of drug-likeness (QED) is 0.557. The molecule has 0 saturated carbocycles. The summed E-state index contributed by atoms with van der Waals surface area (Å²) in [6.45, 7) is 4.28. The van der Waals surface area contributed by atoms with E-state index in [1.54, 1.807) is 0 Å². The minimum atomic E-state index is 0.653. The van der Waals surface area contributed by atoms with E-state index in [0.717, 1.165) is 38.0 Å². The molecule has 21 heavy (non-hydrogen) atoms. The molecule has 2 fully saturated rings. The highest BCUT2D eigenvalue weighted by molar-refractivity contribution is 8.00. The van der Waals surface area contributed by atoms with Gasteiger partial charge in [0, 0.05) is 26.2 Å². The molecule has 0 unspecified atom stereocenters. The van der Waals surface area contributed by atoms with E-state index in [1.807, 2.05) is 0 Å². The van der Waals surface area contributed by atoms with Crippen molar-refractivity contribution < 1.29 is 0 Å². The van der Waals surface area contributed by atoms with Gasteiger partial charge in [-0.2, -0.15) is 0 Å². The van der Waals surface area contributed by atoms with Crippen molar-refractivity contribution in [1.82, 2.24) is 9.80 Å². The average Bonchev–Trinajstić information content (AvgIpc) is 2.48. The number of hydrogen-bond acceptors (Lipinski definition) is 4. The van der Waals surface area contributed by atoms with Crippen LogP contribution in [0.4, 0.5) is 0 Å². The highest BCUT2D eigenvalue weighted by Crippen LogP contribution is 2.27. The van der Waals surface area contributed by atoms with Gasteiger partial charge in [0.25, 0.3) is 0 Å². The molecule has 2 saturated heterocycles. The zero-order chi connectivity index (χ0) is 15.2. The first-order valence-corrected chi connectivity index (χ1v) is 9.61. The topological polar surface area (TPSA) is 6.48 Å². The zero-order valence-corrected chi connectivity index (χ0v) is 15.7. The van der Waals surface area contributed by atoms with Crippen LogP contribution >= 0.6 is 24.4 Å². The molecule has 0 radical (unpaired) electrons. The van der Waals surface area contributed by atoms with Crippen LogP contribution in [-0.2, 0) is 25.3 Å². The summed E-state index contributed by atoms with van der Waals surface area (Å²) in [6, 6.07) is 0. The second-order valence-electron chi connectivity index (χ2n) is 6.32. The highest BCUT2D eigenvalue weighted by atomic mass is 32.1. The number of nitrogens with zero attached hydrogens (tertiary/aromatic N) is 2. The summed E-state index contributed by atoms with van der Waals surface area (Å²) in [5, 5.41) is 0. The molecule has 2 aliphatic heterocycles. The first-order valence-electron chi connectivity index (χ1n) is 7.98. The first-order chi connectivity index (χ1) is 10.1. The normalized spacial score (nSPS) is 21.5. The van der Waals surface area contributed by atoms with Crippen molar-refractivity contribution >= 4 is 58.3 Å². The summed E-state index contributed by atoms with van der Waals surface area (Å²) in [7, 11) is 0. The van der Waals surface area contributed by atoms with E-state index >= 15 is 0 Å². The third-order valence-electron chi connectivity index (χ3n) is 4.97. The predicted octanol–water partition coefficient (Wildman–Crippen LogP) is 3.24. The van der Waals surface area contributed by atoms with E-state index in [9.17, 15) is 0 Å². The first kappa shape index (κ1) is 17.6. The monoisotopic (exact) mass is 360 g/mol. The van der Waals surface area contributed by atoms with Gasteiger partial charge < -0.3 is 59.5 Å². The smallest absolute Gasteiger partial charge is 0.0165 e. The lowest BCUT2D eigenvalue weighted by molar-refractivity contribution is 0.232. The maximum atomic E-state index is 5.07. The average molecular weight is 361 g/mol. The molecule has 2 aliphatic rings. The van der Waals surface area contributed by atoms with Crippen LogP contribution < -0.4 is 0 Å². The number of thiocarbonyl (C=S) groups is 2. The molecular weight excluding hydrogens is 336 g/mol. The molecule has 2 rings (SSSR count). The summed E-state index contributed by atoms with van der Waals surface area (Å²) in [6.07, 6.45) is 9.17. The van der Waals surface area contributed by atoms with E-state index < -0.39 is 0 Å². The van der Waals surface area contributed by atoms with E-state index in [1.165, 1.54) is 44.9 Å². The van der Waals surface area contributed by atoms with Gasteiger partial charge in [0.2, 0.25) is 0 Å². The van der Waals surface area contributed by atoms with Gasteiger partial charge in [-0.05, 0) is 37.5 Å². The van der Waals surface area contributed by atoms with Crippen LogP contribution in [-0.4, -0.2) is 44.6 Å². The van der Waals surface area contributed by atoms with Crippen LogP contribution in [0.1, 0.15) is 44.9 Å². The molecule has 0 spiro atoms. The van der Waals surface area contributed by atoms with Crippen LogP contribution in [0.3, 0.4) is 0 Å². The maximum absolute atomic E-state index is 5.07. The summed E-state index contributed by atoms with van der Waals surface area (Å²) >= 11 is 20.3. The molecule has 0 aromatic rings. The number of rotatable bonds is 4. The molecule has 0 aromatic carbocycles. The van der Waals surface area contributed by atoms with E-state index in [-0.39, 0.29) is 0 Å². The lowest BCUT2D eigenvalue weighted by Gasteiger charge is -2.37. The standard InChI is InChI=1S/C15H26N2S4/c18-14(19)16-8-4-12(5-9-16)2-1-3-13-6-10-17(11-7-13)15(20)21/h12-13H,1-11H2,(H,18,19)(H,20,21)/p-2. The number of likely N-dealkylation sites (tertiary alicyclic amines) is 2. The Kier molecular flexibility index (Phi) is 7.32. The number of hydrogen-bond donors (Lipinski definition) is 0. The van der Waals surface area contributed by atoms with Gasteiger partial charge in [-0.15, -0.1) is 0 Å². The molecule has 120 valence electrons. The second-order valence-corrected chi connectivity index (χ2v) is 8.39. The van der Waals surface area contributed by atoms with Crippen molar-refractivity contribution in [2.24, 2.45) is 11.8 Å². The summed E-state index contributed by atoms with van der Waals surface area (Å²) < 4.78 is 1.31. The molecular formula is C15H24N2S4-2. The van der Waals surface area contributed by atoms with Crippen LogP contribution in [0, 0.1) is 11.8 Å². The van der Waals surface area contributed by atoms with Gasteiger partial charge in [-0.3, -0.25) is 0 Å². The molecule has 0 N–H and O–H groups in total. The van der Waals surface area contributed by atoms with E-state index in [2.05, 4.69) is 9.80 Å². The van der Waals surface area contributed by atoms with E-state index in [4.69, 9.17) is 49.7 Å². The summed E-state index contributed by atoms with van der Waals surface area (Å²) in [4.78, 5) is 4.35. The van der Waals surface area contributed by atoms with Gasteiger partial charge in [0.15, 0.2) is 0 Å². The minimum Gasteiger partial charge on any atom is -0.411 e. The molecule has 6 heteroatoms. The van der Waals surface area contributed by atoms with Crippen molar-refractivity contribution in [3.8, 4) is 0 Å². The Bertz CT molecular complexity index is 325. The number of piperidine rings is 2. The molecule has 0 aliphatic carbocycles. The van der Waals surface area contributed by atoms with Crippen molar-refractivity contribution in [3.05, 3.63) is 0 Å². The summed E-state index contributed by atoms with van der Waals surface area (Å²) in [5.41, 5.74) is 0. The largest absolute Gasteiger partial charge is 0.411 e. The Morgan fingerprint density at radius 3 is 1.38 bits per heavy atom. The van der Waals surface area contributed by atoms with Crippen molar-refractivity contribution in [2.75, 3.05) is 26.2 Å². The molecule has 2 heterocycles. The van der Waals surface area contributed by atoms with Gasteiger partial charge in [-0.25, -0.2) is 0 Å². The third kappa shape index (κ3) is 5.73. The predicted molar refractivity (Wildman–Crippen MR) is 102 cm³/mol. The lowest BCUT2D eigenvalue weighted by Crippen LogP contribution is -2.37. The van der Waals surface area contributed by atoms with Crippen molar-refractivity contribution in [3.63, 3.8) is 0 Å². The van der Waals surface area contributed by atoms with Crippen LogP contribution in [0.5, 0.6) is 0 Å². The van der Waals surface area contributed by atoms with Crippen LogP contribution in [0.2, 0.25) is 0 Å². The maximum Gasteiger partial charge on any atom is 0.0165 e. The van der Waals surface area contributed by atoms with Gasteiger partial charge in [0.05, 0.1) is 0 Å². The fourth-order valence-electron chi connectivity index (χ4n) is 3.50. The Labute approximate surface area is 150 Å². The molecule has 0 amide bonds. The Morgan fingerprint density at radius 2 is 1.10 bits per heavy atom. The van der Waals surface area contributed by atoms with Crippen molar-refractivity contribution in [1.29, 1.82) is 0 Å². The zero-order valence-electron chi connectivity index (χ0n) is 12.5. The van der Waals surface area contributed by atoms with E-state index in [0.29, 0.717) is 8.64 Å². The lowest BCUT2D eigenvalue weighted by atomic mass is 9.87. The van der Waals surface area contributed by atoms with Gasteiger partial charge >= 0.3 is 0 Å².